The van der Waals surface area contributed by atoms with Gasteiger partial charge >= 0.3 is 17.9 Å². The monoisotopic (exact) mass is 1140 g/mol. The zero-order valence-corrected chi connectivity index (χ0v) is 53.7. The standard InChI is InChI=1S/C77H124O6/c1-4-7-10-13-16-19-22-25-28-31-33-35-37-38-40-41-43-46-49-52-55-58-61-64-67-70-76(79)82-73-74(72-81-75(78)69-66-63-60-57-54-51-48-45-30-27-24-21-18-15-12-9-6-3)83-77(80)71-68-65-62-59-56-53-50-47-44-42-39-36-34-32-29-26-23-20-17-14-11-8-5-2/h7-8,10-11,16-17,19-20,25-30,33-36,38,40,42,44,50,53,59,62,74H,4-6,9,12-15,18,21-24,31-32,37,39,41,43,45-49,51-52,54-58,60-61,63-73H2,1-3H3/b10-7-,11-8-,19-16-,20-17-,28-25-,29-26-,30-27-,35-33-,36-34-,40-38-,44-42-,53-50-,62-59-. The van der Waals surface area contributed by atoms with Crippen LogP contribution in [0.2, 0.25) is 0 Å². The van der Waals surface area contributed by atoms with Crippen LogP contribution in [0.25, 0.3) is 0 Å². The molecule has 0 fully saturated rings. The zero-order valence-electron chi connectivity index (χ0n) is 53.7. The molecule has 0 aromatic rings. The molecule has 6 nitrogen and oxygen atoms in total. The van der Waals surface area contributed by atoms with E-state index in [2.05, 4.69) is 179 Å². The number of hydrogen-bond acceptors (Lipinski definition) is 6. The fourth-order valence-electron chi connectivity index (χ4n) is 8.98. The molecule has 468 valence electrons. The molecular weight excluding hydrogens is 1020 g/mol. The molecule has 6 heteroatoms. The highest BCUT2D eigenvalue weighted by molar-refractivity contribution is 5.71. The van der Waals surface area contributed by atoms with E-state index in [1.165, 1.54) is 116 Å². The maximum atomic E-state index is 12.9. The molecule has 0 amide bonds. The van der Waals surface area contributed by atoms with E-state index in [1.54, 1.807) is 0 Å². The van der Waals surface area contributed by atoms with Crippen LogP contribution in [0.5, 0.6) is 0 Å². The molecule has 0 aliphatic carbocycles. The van der Waals surface area contributed by atoms with Gasteiger partial charge < -0.3 is 14.2 Å². The fourth-order valence-corrected chi connectivity index (χ4v) is 8.98. The lowest BCUT2D eigenvalue weighted by atomic mass is 10.1. The summed E-state index contributed by atoms with van der Waals surface area (Å²) in [6.07, 6.45) is 101. The average molecular weight is 1150 g/mol. The number of esters is 3. The molecule has 0 aliphatic heterocycles. The van der Waals surface area contributed by atoms with Crippen molar-refractivity contribution >= 4 is 17.9 Å². The Labute approximate surface area is 511 Å². The number of rotatable bonds is 60. The summed E-state index contributed by atoms with van der Waals surface area (Å²) in [6.45, 7) is 6.37. The quantitative estimate of drug-likeness (QED) is 0.0261. The molecule has 1 unspecified atom stereocenters. The third-order valence-corrected chi connectivity index (χ3v) is 14.0. The van der Waals surface area contributed by atoms with Crippen LogP contribution < -0.4 is 0 Å². The SMILES string of the molecule is CC/C=C\C/C=C\C/C=C\C/C=C\C/C=C\C/C=C\C/C=C\CCCC(=O)OC(COC(=O)CCCCCCCCC/C=C\CCCCCCCC)COC(=O)CCCCCCCCCCC/C=C\C/C=C\C/C=C\C/C=C\C/C=C\CC. The molecule has 83 heavy (non-hydrogen) atoms. The Kier molecular flexibility index (Phi) is 65.4. The van der Waals surface area contributed by atoms with Crippen molar-refractivity contribution in [3.8, 4) is 0 Å². The minimum atomic E-state index is -0.823. The third kappa shape index (κ3) is 67.7. The first-order valence-electron chi connectivity index (χ1n) is 34.0. The van der Waals surface area contributed by atoms with Crippen molar-refractivity contribution in [1.82, 2.24) is 0 Å². The molecule has 0 aliphatic rings. The van der Waals surface area contributed by atoms with Crippen molar-refractivity contribution in [2.45, 2.75) is 297 Å². The van der Waals surface area contributed by atoms with E-state index < -0.39 is 6.10 Å². The second-order valence-corrected chi connectivity index (χ2v) is 22.0. The van der Waals surface area contributed by atoms with Crippen LogP contribution in [0.1, 0.15) is 290 Å². The van der Waals surface area contributed by atoms with Gasteiger partial charge in [-0.1, -0.05) is 288 Å². The van der Waals surface area contributed by atoms with Gasteiger partial charge in [-0.15, -0.1) is 0 Å². The van der Waals surface area contributed by atoms with Crippen molar-refractivity contribution in [3.63, 3.8) is 0 Å². The highest BCUT2D eigenvalue weighted by atomic mass is 16.6. The number of hydrogen-bond donors (Lipinski definition) is 0. The Morgan fingerprint density at radius 3 is 0.783 bits per heavy atom. The van der Waals surface area contributed by atoms with E-state index in [9.17, 15) is 14.4 Å². The maximum absolute atomic E-state index is 12.9. The average Bonchev–Trinajstić information content (AvgIpc) is 3.49. The van der Waals surface area contributed by atoms with E-state index in [1.807, 2.05) is 0 Å². The van der Waals surface area contributed by atoms with Gasteiger partial charge in [0.1, 0.15) is 13.2 Å². The lowest BCUT2D eigenvalue weighted by molar-refractivity contribution is -0.167. The third-order valence-electron chi connectivity index (χ3n) is 14.0. The first-order valence-corrected chi connectivity index (χ1v) is 34.0. The predicted molar refractivity (Wildman–Crippen MR) is 362 cm³/mol. The second kappa shape index (κ2) is 69.5. The van der Waals surface area contributed by atoms with Crippen molar-refractivity contribution in [1.29, 1.82) is 0 Å². The van der Waals surface area contributed by atoms with Gasteiger partial charge in [0.15, 0.2) is 6.10 Å². The first kappa shape index (κ1) is 78.0. The summed E-state index contributed by atoms with van der Waals surface area (Å²) in [6, 6.07) is 0. The van der Waals surface area contributed by atoms with Gasteiger partial charge in [0, 0.05) is 19.3 Å². The molecule has 0 heterocycles. The summed E-state index contributed by atoms with van der Waals surface area (Å²) in [7, 11) is 0. The highest BCUT2D eigenvalue weighted by Crippen LogP contribution is 2.15. The Bertz CT molecular complexity index is 1840. The summed E-state index contributed by atoms with van der Waals surface area (Å²) in [4.78, 5) is 38.4. The maximum Gasteiger partial charge on any atom is 0.306 e. The summed E-state index contributed by atoms with van der Waals surface area (Å²) >= 11 is 0. The smallest absolute Gasteiger partial charge is 0.306 e. The number of carbonyl (C=O) groups is 3. The predicted octanol–water partition coefficient (Wildman–Crippen LogP) is 23.7. The summed E-state index contributed by atoms with van der Waals surface area (Å²) < 4.78 is 16.9. The first-order chi connectivity index (χ1) is 41.0. The molecule has 1 atom stereocenters. The zero-order chi connectivity index (χ0) is 59.9. The second-order valence-electron chi connectivity index (χ2n) is 22.0. The van der Waals surface area contributed by atoms with Crippen molar-refractivity contribution in [2.24, 2.45) is 0 Å². The van der Waals surface area contributed by atoms with Crippen LogP contribution in [0.3, 0.4) is 0 Å². The minimum absolute atomic E-state index is 0.111. The minimum Gasteiger partial charge on any atom is -0.462 e. The van der Waals surface area contributed by atoms with Crippen LogP contribution in [0, 0.1) is 0 Å². The fraction of sp³-hybridized carbons (Fsp3) is 0.623. The molecule has 0 aromatic heterocycles. The van der Waals surface area contributed by atoms with E-state index in [-0.39, 0.29) is 37.5 Å². The van der Waals surface area contributed by atoms with Gasteiger partial charge in [-0.25, -0.2) is 0 Å². The van der Waals surface area contributed by atoms with Crippen molar-refractivity contribution in [2.75, 3.05) is 13.2 Å². The van der Waals surface area contributed by atoms with E-state index >= 15 is 0 Å². The van der Waals surface area contributed by atoms with Crippen LogP contribution in [-0.2, 0) is 28.6 Å². The summed E-state index contributed by atoms with van der Waals surface area (Å²) in [5.41, 5.74) is 0. The van der Waals surface area contributed by atoms with Crippen molar-refractivity contribution in [3.05, 3.63) is 158 Å². The molecule has 0 rings (SSSR count). The molecule has 0 aromatic carbocycles. The van der Waals surface area contributed by atoms with Gasteiger partial charge in [-0.2, -0.15) is 0 Å². The van der Waals surface area contributed by atoms with E-state index in [0.717, 1.165) is 128 Å². The van der Waals surface area contributed by atoms with E-state index in [0.29, 0.717) is 19.3 Å². The van der Waals surface area contributed by atoms with Crippen LogP contribution >= 0.6 is 0 Å². The normalized spacial score (nSPS) is 13.1. The van der Waals surface area contributed by atoms with Gasteiger partial charge in [0.2, 0.25) is 0 Å². The van der Waals surface area contributed by atoms with Gasteiger partial charge in [0.25, 0.3) is 0 Å². The lowest BCUT2D eigenvalue weighted by Crippen LogP contribution is -2.30. The lowest BCUT2D eigenvalue weighted by Gasteiger charge is -2.18. The highest BCUT2D eigenvalue weighted by Gasteiger charge is 2.19. The molecular formula is C77H124O6. The Morgan fingerprint density at radius 1 is 0.253 bits per heavy atom. The van der Waals surface area contributed by atoms with Crippen LogP contribution in [0.15, 0.2) is 158 Å². The molecule has 0 saturated carbocycles. The number of unbranched alkanes of at least 4 members (excludes halogenated alkanes) is 23. The van der Waals surface area contributed by atoms with Gasteiger partial charge in [0.05, 0.1) is 0 Å². The van der Waals surface area contributed by atoms with Crippen LogP contribution in [0.4, 0.5) is 0 Å². The summed E-state index contributed by atoms with van der Waals surface area (Å²) in [5, 5.41) is 0. The van der Waals surface area contributed by atoms with Gasteiger partial charge in [-0.3, -0.25) is 14.4 Å². The van der Waals surface area contributed by atoms with Crippen LogP contribution in [-0.4, -0.2) is 37.2 Å². The molecule has 0 radical (unpaired) electrons. The number of ether oxygens (including phenoxy) is 3. The molecule has 0 bridgehead atoms. The number of allylic oxidation sites excluding steroid dienone is 26. The Morgan fingerprint density at radius 2 is 0.482 bits per heavy atom. The molecule has 0 N–H and O–H groups in total. The van der Waals surface area contributed by atoms with E-state index in [4.69, 9.17) is 14.2 Å². The largest absolute Gasteiger partial charge is 0.462 e. The Balaban J connectivity index is 4.51. The molecule has 0 saturated heterocycles. The summed E-state index contributed by atoms with van der Waals surface area (Å²) in [5.74, 6) is -0.979. The van der Waals surface area contributed by atoms with Gasteiger partial charge in [-0.05, 0) is 141 Å². The Hall–Kier alpha value is -4.97. The number of carbonyl (C=O) groups excluding carboxylic acids is 3. The topological polar surface area (TPSA) is 78.9 Å². The van der Waals surface area contributed by atoms with Crippen molar-refractivity contribution < 1.29 is 28.6 Å². The molecule has 0 spiro atoms.